The van der Waals surface area contributed by atoms with Gasteiger partial charge in [0, 0.05) is 12.8 Å². The fourth-order valence-electron chi connectivity index (χ4n) is 2.88. The maximum Gasteiger partial charge on any atom is 0.158 e. The number of hydrogen-bond donors (Lipinski definition) is 0. The summed E-state index contributed by atoms with van der Waals surface area (Å²) >= 11 is 3.45. The lowest BCUT2D eigenvalue weighted by atomic mass is 10.2. The molecule has 1 saturated carbocycles. The molecule has 0 spiro atoms. The van der Waals surface area contributed by atoms with E-state index in [2.05, 4.69) is 21.0 Å². The minimum absolute atomic E-state index is 0.00310. The monoisotopic (exact) mass is 314 g/mol. The lowest BCUT2D eigenvalue weighted by molar-refractivity contribution is -0.193. The van der Waals surface area contributed by atoms with Gasteiger partial charge < -0.3 is 9.47 Å². The molecule has 1 aromatic heterocycles. The second kappa shape index (κ2) is 5.72. The molecular weight excluding hydrogens is 296 g/mol. The van der Waals surface area contributed by atoms with Crippen molar-refractivity contribution >= 4 is 15.9 Å². The topological polar surface area (TPSA) is 36.3 Å². The molecule has 1 aliphatic carbocycles. The molecule has 18 heavy (non-hydrogen) atoms. The molecule has 4 nitrogen and oxygen atoms in total. The summed E-state index contributed by atoms with van der Waals surface area (Å²) in [5.41, 5.74) is 0. The summed E-state index contributed by atoms with van der Waals surface area (Å²) in [6.07, 6.45) is 11.0. The van der Waals surface area contributed by atoms with Crippen LogP contribution in [0.15, 0.2) is 16.9 Å². The Morgan fingerprint density at radius 3 is 2.94 bits per heavy atom. The molecule has 3 unspecified atom stereocenters. The van der Waals surface area contributed by atoms with Crippen molar-refractivity contribution in [3.8, 4) is 0 Å². The van der Waals surface area contributed by atoms with Gasteiger partial charge >= 0.3 is 0 Å². The third-order valence-corrected chi connectivity index (χ3v) is 4.20. The second-order valence-electron chi connectivity index (χ2n) is 5.11. The van der Waals surface area contributed by atoms with Crippen molar-refractivity contribution in [2.45, 2.75) is 57.0 Å². The number of hydrogen-bond acceptors (Lipinski definition) is 3. The van der Waals surface area contributed by atoms with Gasteiger partial charge in [-0.2, -0.15) is 5.10 Å². The first-order valence-corrected chi connectivity index (χ1v) is 7.59. The number of rotatable bonds is 3. The average molecular weight is 315 g/mol. The minimum atomic E-state index is 0.00310. The molecule has 1 aliphatic heterocycles. The van der Waals surface area contributed by atoms with Gasteiger partial charge in [0.05, 0.1) is 22.8 Å². The first-order chi connectivity index (χ1) is 8.83. The van der Waals surface area contributed by atoms with Crippen molar-refractivity contribution < 1.29 is 9.47 Å². The van der Waals surface area contributed by atoms with Crippen LogP contribution in [0.25, 0.3) is 0 Å². The van der Waals surface area contributed by atoms with Crippen molar-refractivity contribution in [2.75, 3.05) is 6.61 Å². The molecule has 3 atom stereocenters. The molecule has 1 saturated heterocycles. The summed E-state index contributed by atoms with van der Waals surface area (Å²) in [6.45, 7) is 0.843. The van der Waals surface area contributed by atoms with Gasteiger partial charge in [0.1, 0.15) is 0 Å². The first-order valence-electron chi connectivity index (χ1n) is 6.79. The van der Waals surface area contributed by atoms with Crippen LogP contribution in [0.3, 0.4) is 0 Å². The van der Waals surface area contributed by atoms with E-state index in [1.165, 1.54) is 19.3 Å². The molecule has 0 amide bonds. The first kappa shape index (κ1) is 12.6. The highest BCUT2D eigenvalue weighted by Crippen LogP contribution is 2.34. The summed E-state index contributed by atoms with van der Waals surface area (Å²) < 4.78 is 14.9. The lowest BCUT2D eigenvalue weighted by Gasteiger charge is -2.28. The highest BCUT2D eigenvalue weighted by molar-refractivity contribution is 9.10. The van der Waals surface area contributed by atoms with Crippen molar-refractivity contribution in [3.05, 3.63) is 16.9 Å². The average Bonchev–Trinajstić information content (AvgIpc) is 2.99. The van der Waals surface area contributed by atoms with Gasteiger partial charge in [0.15, 0.2) is 6.29 Å². The third kappa shape index (κ3) is 2.78. The van der Waals surface area contributed by atoms with E-state index in [4.69, 9.17) is 9.47 Å². The highest BCUT2D eigenvalue weighted by Gasteiger charge is 2.32. The van der Waals surface area contributed by atoms with Gasteiger partial charge in [-0.3, -0.25) is 4.68 Å². The molecule has 1 aromatic rings. The largest absolute Gasteiger partial charge is 0.353 e. The Morgan fingerprint density at radius 1 is 1.28 bits per heavy atom. The summed E-state index contributed by atoms with van der Waals surface area (Å²) in [7, 11) is 0. The van der Waals surface area contributed by atoms with Crippen LogP contribution in [-0.2, 0) is 9.47 Å². The Balaban J connectivity index is 1.63. The summed E-state index contributed by atoms with van der Waals surface area (Å²) in [4.78, 5) is 0. The van der Waals surface area contributed by atoms with E-state index in [-0.39, 0.29) is 12.4 Å². The summed E-state index contributed by atoms with van der Waals surface area (Å²) in [6, 6.07) is 0.363. The maximum atomic E-state index is 6.13. The smallest absolute Gasteiger partial charge is 0.158 e. The van der Waals surface area contributed by atoms with Gasteiger partial charge in [-0.05, 0) is 54.5 Å². The highest BCUT2D eigenvalue weighted by atomic mass is 79.9. The van der Waals surface area contributed by atoms with Crippen molar-refractivity contribution in [1.29, 1.82) is 0 Å². The van der Waals surface area contributed by atoms with Crippen LogP contribution < -0.4 is 0 Å². The van der Waals surface area contributed by atoms with Crippen LogP contribution in [0.2, 0.25) is 0 Å². The van der Waals surface area contributed by atoms with E-state index in [1.54, 1.807) is 0 Å². The van der Waals surface area contributed by atoms with Gasteiger partial charge in [-0.15, -0.1) is 0 Å². The predicted molar refractivity (Wildman–Crippen MR) is 71.3 cm³/mol. The fourth-order valence-corrected chi connectivity index (χ4v) is 3.18. The summed E-state index contributed by atoms with van der Waals surface area (Å²) in [5, 5.41) is 4.39. The molecule has 5 heteroatoms. The molecule has 0 N–H and O–H groups in total. The molecular formula is C13H19BrN2O2. The maximum absolute atomic E-state index is 6.13. The molecule has 0 aromatic carbocycles. The Kier molecular flexibility index (Phi) is 4.01. The normalized spacial score (nSPS) is 32.8. The second-order valence-corrected chi connectivity index (χ2v) is 6.02. The third-order valence-electron chi connectivity index (χ3n) is 3.79. The van der Waals surface area contributed by atoms with Crippen LogP contribution in [0.1, 0.15) is 44.6 Å². The molecule has 0 bridgehead atoms. The molecule has 2 heterocycles. The molecule has 2 aliphatic rings. The van der Waals surface area contributed by atoms with Crippen molar-refractivity contribution in [2.24, 2.45) is 0 Å². The number of halogens is 1. The fraction of sp³-hybridized carbons (Fsp3) is 0.769. The van der Waals surface area contributed by atoms with Gasteiger partial charge in [-0.1, -0.05) is 0 Å². The summed E-state index contributed by atoms with van der Waals surface area (Å²) in [5.74, 6) is 0. The van der Waals surface area contributed by atoms with Crippen molar-refractivity contribution in [3.63, 3.8) is 0 Å². The van der Waals surface area contributed by atoms with E-state index < -0.39 is 0 Å². The number of nitrogens with zero attached hydrogens (tertiary/aromatic N) is 2. The quantitative estimate of drug-likeness (QED) is 0.859. The Hall–Kier alpha value is -0.390. The van der Waals surface area contributed by atoms with Crippen LogP contribution in [0.5, 0.6) is 0 Å². The Morgan fingerprint density at radius 2 is 2.22 bits per heavy atom. The van der Waals surface area contributed by atoms with Crippen LogP contribution >= 0.6 is 15.9 Å². The molecule has 0 radical (unpaired) electrons. The lowest BCUT2D eigenvalue weighted by Crippen LogP contribution is -2.31. The number of aromatic nitrogens is 2. The van der Waals surface area contributed by atoms with E-state index in [0.29, 0.717) is 6.04 Å². The SMILES string of the molecule is Brc1cnn(C2CCCC2OC2CCCCO2)c1. The van der Waals surface area contributed by atoms with Crippen LogP contribution in [0.4, 0.5) is 0 Å². The predicted octanol–water partition coefficient (Wildman–Crippen LogP) is 3.28. The van der Waals surface area contributed by atoms with Crippen LogP contribution in [0, 0.1) is 0 Å². The van der Waals surface area contributed by atoms with E-state index in [1.807, 2.05) is 17.1 Å². The molecule has 2 fully saturated rings. The van der Waals surface area contributed by atoms with Crippen LogP contribution in [-0.4, -0.2) is 28.8 Å². The Labute approximate surface area is 116 Å². The van der Waals surface area contributed by atoms with E-state index in [0.717, 1.165) is 30.3 Å². The van der Waals surface area contributed by atoms with Gasteiger partial charge in [0.25, 0.3) is 0 Å². The van der Waals surface area contributed by atoms with Gasteiger partial charge in [-0.25, -0.2) is 0 Å². The standard InChI is InChI=1S/C13H19BrN2O2/c14-10-8-15-16(9-10)11-4-3-5-12(11)18-13-6-1-2-7-17-13/h8-9,11-13H,1-7H2. The molecule has 100 valence electrons. The zero-order valence-electron chi connectivity index (χ0n) is 10.4. The Bertz CT molecular complexity index is 390. The molecule has 3 rings (SSSR count). The minimum Gasteiger partial charge on any atom is -0.353 e. The number of ether oxygens (including phenoxy) is 2. The zero-order chi connectivity index (χ0) is 12.4. The van der Waals surface area contributed by atoms with E-state index >= 15 is 0 Å². The van der Waals surface area contributed by atoms with E-state index in [9.17, 15) is 0 Å². The zero-order valence-corrected chi connectivity index (χ0v) is 12.0. The van der Waals surface area contributed by atoms with Gasteiger partial charge in [0.2, 0.25) is 0 Å². The van der Waals surface area contributed by atoms with Crippen molar-refractivity contribution in [1.82, 2.24) is 9.78 Å².